The van der Waals surface area contributed by atoms with Crippen LogP contribution in [0.2, 0.25) is 0 Å². The molecule has 2 saturated heterocycles. The second-order valence-corrected chi connectivity index (χ2v) is 5.70. The molecule has 0 radical (unpaired) electrons. The van der Waals surface area contributed by atoms with Crippen molar-refractivity contribution in [1.29, 1.82) is 0 Å². The Morgan fingerprint density at radius 2 is 1.39 bits per heavy atom. The number of hydrogen-bond donors (Lipinski definition) is 8. The average Bonchev–Trinajstić information content (AvgIpc) is 2.55. The van der Waals surface area contributed by atoms with Crippen molar-refractivity contribution in [1.82, 2.24) is 0 Å². The summed E-state index contributed by atoms with van der Waals surface area (Å²) in [5, 5.41) is 57.7. The second-order valence-electron chi connectivity index (χ2n) is 5.70. The van der Waals surface area contributed by atoms with Gasteiger partial charge in [-0.05, 0) is 0 Å². The van der Waals surface area contributed by atoms with Gasteiger partial charge in [-0.1, -0.05) is 0 Å². The first-order valence-corrected chi connectivity index (χ1v) is 7.23. The molecule has 0 aliphatic carbocycles. The summed E-state index contributed by atoms with van der Waals surface area (Å²) in [6.07, 6.45) is -10.5. The largest absolute Gasteiger partial charge is 0.394 e. The van der Waals surface area contributed by atoms with Crippen LogP contribution in [0.15, 0.2) is 0 Å². The lowest BCUT2D eigenvalue weighted by molar-refractivity contribution is -0.324. The van der Waals surface area contributed by atoms with Gasteiger partial charge in [0.15, 0.2) is 12.6 Å². The van der Waals surface area contributed by atoms with E-state index < -0.39 is 74.5 Å². The summed E-state index contributed by atoms with van der Waals surface area (Å²) in [7, 11) is 0. The molecule has 0 aromatic heterocycles. The van der Waals surface area contributed by atoms with Crippen LogP contribution in [0.5, 0.6) is 0 Å². The summed E-state index contributed by atoms with van der Waals surface area (Å²) >= 11 is 0. The maximum absolute atomic E-state index is 10.1. The fourth-order valence-corrected chi connectivity index (χ4v) is 2.65. The summed E-state index contributed by atoms with van der Waals surface area (Å²) in [4.78, 5) is 0. The Labute approximate surface area is 132 Å². The van der Waals surface area contributed by atoms with Crippen molar-refractivity contribution in [2.75, 3.05) is 13.2 Å². The molecule has 23 heavy (non-hydrogen) atoms. The van der Waals surface area contributed by atoms with Crippen LogP contribution >= 0.6 is 0 Å². The standard InChI is InChI=1S/C12H24N2O9/c13-5-9(19)10(4(2-16)21-11(5)20)23-12-6(14)8(18)7(17)3(1-15)22-12/h3-12,15-20H,1-2,13-14H2/t3-,4-,5+,6+,7+,8-,9+,10-,11-,12+/m1/s1. The van der Waals surface area contributed by atoms with Crippen LogP contribution in [0.4, 0.5) is 0 Å². The van der Waals surface area contributed by atoms with Crippen molar-refractivity contribution < 1.29 is 44.8 Å². The fraction of sp³-hybridized carbons (Fsp3) is 1.00. The molecule has 0 amide bonds. The minimum absolute atomic E-state index is 0.581. The highest BCUT2D eigenvalue weighted by Gasteiger charge is 2.49. The quantitative estimate of drug-likeness (QED) is 0.242. The predicted octanol–water partition coefficient (Wildman–Crippen LogP) is -5.46. The third kappa shape index (κ3) is 3.65. The fourth-order valence-electron chi connectivity index (χ4n) is 2.65. The molecule has 10 N–H and O–H groups in total. The van der Waals surface area contributed by atoms with Gasteiger partial charge in [0.2, 0.25) is 0 Å². The van der Waals surface area contributed by atoms with E-state index in [4.69, 9.17) is 30.8 Å². The molecular weight excluding hydrogens is 316 g/mol. The third-order valence-corrected chi connectivity index (χ3v) is 4.14. The highest BCUT2D eigenvalue weighted by atomic mass is 16.7. The number of hydrogen-bond acceptors (Lipinski definition) is 11. The van der Waals surface area contributed by atoms with Gasteiger partial charge in [-0.15, -0.1) is 0 Å². The van der Waals surface area contributed by atoms with E-state index in [0.29, 0.717) is 0 Å². The van der Waals surface area contributed by atoms with E-state index in [0.717, 1.165) is 0 Å². The smallest absolute Gasteiger partial charge is 0.176 e. The molecule has 0 aromatic carbocycles. The molecule has 2 aliphatic heterocycles. The Kier molecular flexibility index (Phi) is 6.27. The molecule has 2 heterocycles. The van der Waals surface area contributed by atoms with Gasteiger partial charge in [-0.25, -0.2) is 0 Å². The third-order valence-electron chi connectivity index (χ3n) is 4.14. The lowest BCUT2D eigenvalue weighted by Crippen LogP contribution is -2.67. The first-order valence-electron chi connectivity index (χ1n) is 7.23. The zero-order valence-electron chi connectivity index (χ0n) is 12.3. The average molecular weight is 340 g/mol. The molecule has 136 valence electrons. The Balaban J connectivity index is 2.11. The van der Waals surface area contributed by atoms with Gasteiger partial charge in [0.1, 0.15) is 36.6 Å². The van der Waals surface area contributed by atoms with E-state index in [1.54, 1.807) is 0 Å². The van der Waals surface area contributed by atoms with Gasteiger partial charge in [0, 0.05) is 0 Å². The van der Waals surface area contributed by atoms with Crippen molar-refractivity contribution in [2.45, 2.75) is 61.3 Å². The number of nitrogens with two attached hydrogens (primary N) is 2. The van der Waals surface area contributed by atoms with Crippen LogP contribution in [0.25, 0.3) is 0 Å². The molecule has 0 spiro atoms. The Morgan fingerprint density at radius 1 is 0.783 bits per heavy atom. The van der Waals surface area contributed by atoms with Crippen LogP contribution in [0.1, 0.15) is 0 Å². The maximum atomic E-state index is 10.1. The van der Waals surface area contributed by atoms with Crippen LogP contribution in [0.3, 0.4) is 0 Å². The van der Waals surface area contributed by atoms with Crippen molar-refractivity contribution in [3.8, 4) is 0 Å². The van der Waals surface area contributed by atoms with E-state index in [1.165, 1.54) is 0 Å². The zero-order chi connectivity index (χ0) is 17.3. The molecule has 10 atom stereocenters. The van der Waals surface area contributed by atoms with Crippen molar-refractivity contribution in [3.63, 3.8) is 0 Å². The van der Waals surface area contributed by atoms with E-state index in [1.807, 2.05) is 0 Å². The number of aliphatic hydroxyl groups excluding tert-OH is 6. The van der Waals surface area contributed by atoms with Gasteiger partial charge < -0.3 is 56.3 Å². The zero-order valence-corrected chi connectivity index (χ0v) is 12.3. The van der Waals surface area contributed by atoms with Crippen LogP contribution in [-0.4, -0.2) is 105 Å². The number of ether oxygens (including phenoxy) is 3. The van der Waals surface area contributed by atoms with E-state index in [9.17, 15) is 25.5 Å². The first-order chi connectivity index (χ1) is 10.8. The SMILES string of the molecule is N[C@@H]1[C@H](O[C@H]2[C@@H](O)[C@H](N)[C@H](O)O[C@@H]2CO)O[C@H](CO)[C@H](O)[C@@H]1O. The molecule has 0 aromatic rings. The maximum Gasteiger partial charge on any atom is 0.176 e. The topological polar surface area (TPSA) is 201 Å². The highest BCUT2D eigenvalue weighted by molar-refractivity contribution is 4.95. The van der Waals surface area contributed by atoms with Crippen LogP contribution in [0, 0.1) is 0 Å². The summed E-state index contributed by atoms with van der Waals surface area (Å²) in [6, 6.07) is -2.37. The minimum atomic E-state index is -1.49. The highest BCUT2D eigenvalue weighted by Crippen LogP contribution is 2.27. The molecule has 2 fully saturated rings. The summed E-state index contributed by atoms with van der Waals surface area (Å²) < 4.78 is 15.8. The summed E-state index contributed by atoms with van der Waals surface area (Å²) in [6.45, 7) is -1.17. The van der Waals surface area contributed by atoms with E-state index in [-0.39, 0.29) is 0 Å². The lowest BCUT2D eigenvalue weighted by atomic mass is 9.95. The minimum Gasteiger partial charge on any atom is -0.394 e. The molecule has 11 heteroatoms. The van der Waals surface area contributed by atoms with Gasteiger partial charge in [-0.3, -0.25) is 0 Å². The van der Waals surface area contributed by atoms with Gasteiger partial charge in [0.25, 0.3) is 0 Å². The molecular formula is C12H24N2O9. The van der Waals surface area contributed by atoms with Gasteiger partial charge in [-0.2, -0.15) is 0 Å². The van der Waals surface area contributed by atoms with E-state index in [2.05, 4.69) is 0 Å². The van der Waals surface area contributed by atoms with Crippen molar-refractivity contribution >= 4 is 0 Å². The second kappa shape index (κ2) is 7.63. The molecule has 0 saturated carbocycles. The van der Waals surface area contributed by atoms with Crippen LogP contribution < -0.4 is 11.5 Å². The molecule has 11 nitrogen and oxygen atoms in total. The monoisotopic (exact) mass is 340 g/mol. The summed E-state index contributed by atoms with van der Waals surface area (Å²) in [5.74, 6) is 0. The Bertz CT molecular complexity index is 386. The molecule has 2 rings (SSSR count). The number of aliphatic hydroxyl groups is 6. The lowest BCUT2D eigenvalue weighted by Gasteiger charge is -2.45. The van der Waals surface area contributed by atoms with Crippen molar-refractivity contribution in [3.05, 3.63) is 0 Å². The predicted molar refractivity (Wildman–Crippen MR) is 72.6 cm³/mol. The normalized spacial score (nSPS) is 51.7. The van der Waals surface area contributed by atoms with Crippen molar-refractivity contribution in [2.24, 2.45) is 11.5 Å². The van der Waals surface area contributed by atoms with Crippen LogP contribution in [-0.2, 0) is 14.2 Å². The Morgan fingerprint density at radius 3 is 1.96 bits per heavy atom. The number of rotatable bonds is 4. The van der Waals surface area contributed by atoms with Gasteiger partial charge >= 0.3 is 0 Å². The molecule has 0 bridgehead atoms. The van der Waals surface area contributed by atoms with E-state index >= 15 is 0 Å². The van der Waals surface area contributed by atoms with Gasteiger partial charge in [0.05, 0.1) is 25.3 Å². The first kappa shape index (κ1) is 18.9. The molecule has 0 unspecified atom stereocenters. The molecule has 2 aliphatic rings. The Hall–Kier alpha value is -0.440. The summed E-state index contributed by atoms with van der Waals surface area (Å²) in [5.41, 5.74) is 11.3.